The van der Waals surface area contributed by atoms with Gasteiger partial charge in [-0.15, -0.1) is 0 Å². The fraction of sp³-hybridized carbons (Fsp3) is 0.0909. The molecule has 0 fully saturated rings. The minimum Gasteiger partial charge on any atom is -0.408 e. The Morgan fingerprint density at radius 2 is 2.00 bits per heavy atom. The zero-order valence-electron chi connectivity index (χ0n) is 8.38. The molecule has 2 aromatic rings. The summed E-state index contributed by atoms with van der Waals surface area (Å²) >= 11 is 0. The molecule has 78 valence electrons. The van der Waals surface area contributed by atoms with Crippen molar-refractivity contribution in [1.82, 2.24) is 9.97 Å². The Kier molecular flexibility index (Phi) is 4.66. The summed E-state index contributed by atoms with van der Waals surface area (Å²) in [6.45, 7) is 1.34. The summed E-state index contributed by atoms with van der Waals surface area (Å²) < 4.78 is 4.66. The smallest absolute Gasteiger partial charge is 0.309 e. The lowest BCUT2D eigenvalue weighted by atomic mass is 10.5. The summed E-state index contributed by atoms with van der Waals surface area (Å²) in [4.78, 5) is 17.0. The molecule has 2 heterocycles. The van der Waals surface area contributed by atoms with Crippen molar-refractivity contribution >= 4 is 5.97 Å². The average Bonchev–Trinajstić information content (AvgIpc) is 2.76. The molecule has 0 saturated heterocycles. The van der Waals surface area contributed by atoms with E-state index in [0.29, 0.717) is 5.88 Å². The van der Waals surface area contributed by atoms with Crippen LogP contribution in [-0.4, -0.2) is 15.9 Å². The molecule has 0 bridgehead atoms. The van der Waals surface area contributed by atoms with Crippen LogP contribution in [-0.2, 0) is 4.79 Å². The maximum atomic E-state index is 10.4. The van der Waals surface area contributed by atoms with Crippen LogP contribution in [0.2, 0.25) is 0 Å². The van der Waals surface area contributed by atoms with E-state index in [1.807, 2.05) is 24.5 Å². The van der Waals surface area contributed by atoms with Crippen LogP contribution in [0.1, 0.15) is 6.92 Å². The number of pyridine rings is 1. The molecule has 1 N–H and O–H groups in total. The lowest BCUT2D eigenvalue weighted by molar-refractivity contribution is -0.132. The molecule has 2 aromatic heterocycles. The van der Waals surface area contributed by atoms with Crippen molar-refractivity contribution in [3.8, 4) is 5.88 Å². The number of aromatic nitrogens is 2. The number of carbonyl (C=O) groups excluding carboxylic acids is 1. The standard InChI is InChI=1S/C7H7NO2.C4H5N/c1-6(9)10-7-4-2-3-5-8-7;1-2-4-5-3-1/h2-5H,1H3;1-5H. The van der Waals surface area contributed by atoms with Crippen molar-refractivity contribution < 1.29 is 9.53 Å². The summed E-state index contributed by atoms with van der Waals surface area (Å²) in [5.74, 6) is -0.00583. The molecule has 0 saturated carbocycles. The van der Waals surface area contributed by atoms with Gasteiger partial charge < -0.3 is 9.72 Å². The number of nitrogens with zero attached hydrogens (tertiary/aromatic N) is 1. The average molecular weight is 204 g/mol. The van der Waals surface area contributed by atoms with Crippen LogP contribution in [0.3, 0.4) is 0 Å². The van der Waals surface area contributed by atoms with E-state index < -0.39 is 0 Å². The maximum Gasteiger partial charge on any atom is 0.309 e. The molecule has 0 radical (unpaired) electrons. The predicted octanol–water partition coefficient (Wildman–Crippen LogP) is 2.02. The van der Waals surface area contributed by atoms with Gasteiger partial charge in [0.2, 0.25) is 5.88 Å². The Hall–Kier alpha value is -2.10. The number of hydrogen-bond acceptors (Lipinski definition) is 3. The second-order valence-electron chi connectivity index (χ2n) is 2.65. The Morgan fingerprint density at radius 3 is 2.40 bits per heavy atom. The molecule has 0 unspecified atom stereocenters. The highest BCUT2D eigenvalue weighted by atomic mass is 16.5. The highest BCUT2D eigenvalue weighted by molar-refractivity contribution is 5.68. The quantitative estimate of drug-likeness (QED) is 0.723. The first-order chi connectivity index (χ1) is 7.29. The van der Waals surface area contributed by atoms with Gasteiger partial charge in [0.15, 0.2) is 0 Å². The second-order valence-corrected chi connectivity index (χ2v) is 2.65. The molecule has 0 amide bonds. The number of H-pyrrole nitrogens is 1. The lowest BCUT2D eigenvalue weighted by Crippen LogP contribution is -2.02. The van der Waals surface area contributed by atoms with E-state index in [2.05, 4.69) is 14.7 Å². The van der Waals surface area contributed by atoms with Crippen LogP contribution >= 0.6 is 0 Å². The van der Waals surface area contributed by atoms with Crippen molar-refractivity contribution in [3.05, 3.63) is 48.9 Å². The summed E-state index contributed by atoms with van der Waals surface area (Å²) in [7, 11) is 0. The molecule has 0 aromatic carbocycles. The van der Waals surface area contributed by atoms with Gasteiger partial charge >= 0.3 is 5.97 Å². The molecule has 0 atom stereocenters. The number of aromatic amines is 1. The van der Waals surface area contributed by atoms with Gasteiger partial charge in [-0.3, -0.25) is 4.79 Å². The number of esters is 1. The van der Waals surface area contributed by atoms with Crippen LogP contribution in [0.25, 0.3) is 0 Å². The summed E-state index contributed by atoms with van der Waals surface area (Å²) in [6, 6.07) is 9.03. The van der Waals surface area contributed by atoms with E-state index in [0.717, 1.165) is 0 Å². The second kappa shape index (κ2) is 6.37. The third-order valence-corrected chi connectivity index (χ3v) is 1.38. The van der Waals surface area contributed by atoms with Gasteiger partial charge in [-0.25, -0.2) is 4.98 Å². The monoisotopic (exact) mass is 204 g/mol. The Bertz CT molecular complexity index is 354. The van der Waals surface area contributed by atoms with Crippen LogP contribution < -0.4 is 4.74 Å². The molecular formula is C11H12N2O2. The Labute approximate surface area is 87.9 Å². The van der Waals surface area contributed by atoms with Gasteiger partial charge in [0.1, 0.15) is 0 Å². The fourth-order valence-electron chi connectivity index (χ4n) is 0.833. The predicted molar refractivity (Wildman–Crippen MR) is 56.3 cm³/mol. The first-order valence-electron chi connectivity index (χ1n) is 4.46. The molecular weight excluding hydrogens is 192 g/mol. The van der Waals surface area contributed by atoms with Gasteiger partial charge in [-0.1, -0.05) is 6.07 Å². The Balaban J connectivity index is 0.000000187. The topological polar surface area (TPSA) is 55.0 Å². The zero-order valence-corrected chi connectivity index (χ0v) is 8.38. The SMILES string of the molecule is CC(=O)Oc1ccccn1.c1cc[nH]c1. The van der Waals surface area contributed by atoms with Gasteiger partial charge in [0.25, 0.3) is 0 Å². The number of rotatable bonds is 1. The van der Waals surface area contributed by atoms with Crippen molar-refractivity contribution in [2.75, 3.05) is 0 Å². The molecule has 0 aliphatic heterocycles. The lowest BCUT2D eigenvalue weighted by Gasteiger charge is -1.95. The summed E-state index contributed by atoms with van der Waals surface area (Å²) in [6.07, 6.45) is 5.32. The van der Waals surface area contributed by atoms with E-state index >= 15 is 0 Å². The molecule has 0 aliphatic rings. The number of hydrogen-bond donors (Lipinski definition) is 1. The van der Waals surface area contributed by atoms with Crippen LogP contribution in [0.15, 0.2) is 48.9 Å². The third-order valence-electron chi connectivity index (χ3n) is 1.38. The van der Waals surface area contributed by atoms with Crippen molar-refractivity contribution in [2.24, 2.45) is 0 Å². The van der Waals surface area contributed by atoms with Gasteiger partial charge in [-0.05, 0) is 18.2 Å². The van der Waals surface area contributed by atoms with E-state index in [9.17, 15) is 4.79 Å². The molecule has 4 nitrogen and oxygen atoms in total. The van der Waals surface area contributed by atoms with E-state index in [1.165, 1.54) is 6.92 Å². The summed E-state index contributed by atoms with van der Waals surface area (Å²) in [5, 5.41) is 0. The van der Waals surface area contributed by atoms with Gasteiger partial charge in [0.05, 0.1) is 0 Å². The van der Waals surface area contributed by atoms with Crippen molar-refractivity contribution in [2.45, 2.75) is 6.92 Å². The largest absolute Gasteiger partial charge is 0.408 e. The van der Waals surface area contributed by atoms with Gasteiger partial charge in [-0.2, -0.15) is 0 Å². The van der Waals surface area contributed by atoms with Crippen LogP contribution in [0.4, 0.5) is 0 Å². The molecule has 15 heavy (non-hydrogen) atoms. The highest BCUT2D eigenvalue weighted by Crippen LogP contribution is 2.02. The van der Waals surface area contributed by atoms with Crippen LogP contribution in [0, 0.1) is 0 Å². The normalized spacial score (nSPS) is 8.60. The first-order valence-corrected chi connectivity index (χ1v) is 4.46. The highest BCUT2D eigenvalue weighted by Gasteiger charge is 1.94. The molecule has 4 heteroatoms. The first kappa shape index (κ1) is 11.0. The number of ether oxygens (including phenoxy) is 1. The minimum absolute atomic E-state index is 0.343. The zero-order chi connectivity index (χ0) is 10.9. The molecule has 0 spiro atoms. The van der Waals surface area contributed by atoms with E-state index in [4.69, 9.17) is 0 Å². The number of nitrogens with one attached hydrogen (secondary N) is 1. The maximum absolute atomic E-state index is 10.4. The van der Waals surface area contributed by atoms with Crippen molar-refractivity contribution in [3.63, 3.8) is 0 Å². The minimum atomic E-state index is -0.348. The fourth-order valence-corrected chi connectivity index (χ4v) is 0.833. The van der Waals surface area contributed by atoms with Crippen molar-refractivity contribution in [1.29, 1.82) is 0 Å². The third kappa shape index (κ3) is 5.25. The van der Waals surface area contributed by atoms with E-state index in [-0.39, 0.29) is 5.97 Å². The molecule has 0 aliphatic carbocycles. The Morgan fingerprint density at radius 1 is 1.27 bits per heavy atom. The molecule has 2 rings (SSSR count). The van der Waals surface area contributed by atoms with Crippen LogP contribution in [0.5, 0.6) is 5.88 Å². The van der Waals surface area contributed by atoms with E-state index in [1.54, 1.807) is 24.4 Å². The van der Waals surface area contributed by atoms with Gasteiger partial charge in [0, 0.05) is 31.6 Å². The number of carbonyl (C=O) groups is 1. The summed E-state index contributed by atoms with van der Waals surface area (Å²) in [5.41, 5.74) is 0.